The Hall–Kier alpha value is -1.89. The van der Waals surface area contributed by atoms with Gasteiger partial charge in [0, 0.05) is 25.2 Å². The molecule has 0 amide bonds. The Morgan fingerprint density at radius 2 is 1.78 bits per heavy atom. The Morgan fingerprint density at radius 1 is 1.11 bits per heavy atom. The lowest BCUT2D eigenvalue weighted by Gasteiger charge is -2.42. The molecule has 1 saturated heterocycles. The molecule has 1 aromatic rings. The molecule has 0 radical (unpaired) electrons. The van der Waals surface area contributed by atoms with Gasteiger partial charge >= 0.3 is 5.97 Å². The molecule has 1 saturated carbocycles. The number of hydrogen-bond donors (Lipinski definition) is 0. The topological polar surface area (TPSA) is 63.2 Å². The molecule has 0 aromatic heterocycles. The molecular weight excluding hydrogens is 456 g/mol. The molecule has 0 unspecified atom stereocenters. The van der Waals surface area contributed by atoms with E-state index in [0.29, 0.717) is 18.9 Å². The highest BCUT2D eigenvalue weighted by atomic mass is 16.7. The zero-order valence-corrected chi connectivity index (χ0v) is 23.3. The van der Waals surface area contributed by atoms with Crippen LogP contribution in [-0.2, 0) is 30.3 Å². The number of esters is 1. The highest BCUT2D eigenvalue weighted by Gasteiger charge is 2.44. The Labute approximate surface area is 217 Å². The van der Waals surface area contributed by atoms with E-state index in [2.05, 4.69) is 32.9 Å². The van der Waals surface area contributed by atoms with Crippen LogP contribution in [0.25, 0.3) is 0 Å². The average molecular weight is 503 g/mol. The van der Waals surface area contributed by atoms with Crippen LogP contribution >= 0.6 is 0 Å². The van der Waals surface area contributed by atoms with Crippen LogP contribution in [0.2, 0.25) is 0 Å². The minimum atomic E-state index is -0.578. The van der Waals surface area contributed by atoms with E-state index in [1.807, 2.05) is 45.0 Å². The van der Waals surface area contributed by atoms with Gasteiger partial charge in [0.1, 0.15) is 11.4 Å². The highest BCUT2D eigenvalue weighted by Crippen LogP contribution is 2.41. The zero-order valence-electron chi connectivity index (χ0n) is 23.3. The molecule has 202 valence electrons. The van der Waals surface area contributed by atoms with Gasteiger partial charge < -0.3 is 23.7 Å². The summed E-state index contributed by atoms with van der Waals surface area (Å²) in [6.07, 6.45) is 8.94. The summed E-state index contributed by atoms with van der Waals surface area (Å²) in [6.45, 7) is 12.8. The number of carbonyl (C=O) groups is 1. The first-order valence-corrected chi connectivity index (χ1v) is 13.5. The van der Waals surface area contributed by atoms with Gasteiger partial charge in [0.15, 0.2) is 5.79 Å². The summed E-state index contributed by atoms with van der Waals surface area (Å²) in [5, 5.41) is 0. The molecular formula is C30H46O6. The van der Waals surface area contributed by atoms with Crippen molar-refractivity contribution >= 4 is 5.97 Å². The van der Waals surface area contributed by atoms with Gasteiger partial charge in [-0.25, -0.2) is 0 Å². The van der Waals surface area contributed by atoms with Crippen LogP contribution in [0.1, 0.15) is 85.6 Å². The second-order valence-electron chi connectivity index (χ2n) is 11.7. The lowest BCUT2D eigenvalue weighted by Crippen LogP contribution is -2.47. The van der Waals surface area contributed by atoms with E-state index in [-0.39, 0.29) is 36.6 Å². The van der Waals surface area contributed by atoms with Crippen LogP contribution < -0.4 is 4.74 Å². The Kier molecular flexibility index (Phi) is 10.0. The number of hydrogen-bond acceptors (Lipinski definition) is 6. The first-order valence-electron chi connectivity index (χ1n) is 13.5. The van der Waals surface area contributed by atoms with E-state index < -0.39 is 11.4 Å². The fraction of sp³-hybridized carbons (Fsp3) is 0.700. The molecule has 1 heterocycles. The van der Waals surface area contributed by atoms with E-state index in [9.17, 15) is 4.79 Å². The molecule has 1 spiro atoms. The normalized spacial score (nSPS) is 23.8. The summed E-state index contributed by atoms with van der Waals surface area (Å²) in [5.74, 6) is 0.617. The molecule has 4 atom stereocenters. The molecule has 3 rings (SSSR count). The summed E-state index contributed by atoms with van der Waals surface area (Å²) in [7, 11) is 1.67. The van der Waals surface area contributed by atoms with Crippen molar-refractivity contribution in [2.24, 2.45) is 11.8 Å². The van der Waals surface area contributed by atoms with Crippen molar-refractivity contribution in [1.82, 2.24) is 0 Å². The van der Waals surface area contributed by atoms with Crippen molar-refractivity contribution in [3.8, 4) is 5.75 Å². The predicted molar refractivity (Wildman–Crippen MR) is 141 cm³/mol. The van der Waals surface area contributed by atoms with E-state index in [0.717, 1.165) is 37.0 Å². The van der Waals surface area contributed by atoms with Gasteiger partial charge in [-0.1, -0.05) is 45.1 Å². The fourth-order valence-corrected chi connectivity index (χ4v) is 5.20. The molecule has 0 bridgehead atoms. The maximum atomic E-state index is 12.5. The molecule has 1 aromatic carbocycles. The molecule has 1 aliphatic carbocycles. The van der Waals surface area contributed by atoms with Crippen LogP contribution in [0, 0.1) is 11.8 Å². The SMILES string of the molecule is COc1ccc(CO[C@@H](C(C)C)[C@@H](C)/C=C/[C@H]2C[C@@H](CC(=O)OC(C)(C)C)OC3(CCCC3)O2)cc1. The van der Waals surface area contributed by atoms with Gasteiger partial charge in [-0.05, 0) is 57.2 Å². The van der Waals surface area contributed by atoms with Gasteiger partial charge in [-0.2, -0.15) is 0 Å². The molecule has 6 nitrogen and oxygen atoms in total. The van der Waals surface area contributed by atoms with Crippen LogP contribution in [0.3, 0.4) is 0 Å². The van der Waals surface area contributed by atoms with Gasteiger partial charge in [0.05, 0.1) is 38.4 Å². The van der Waals surface area contributed by atoms with Crippen molar-refractivity contribution in [2.75, 3.05) is 7.11 Å². The van der Waals surface area contributed by atoms with Gasteiger partial charge in [0.2, 0.25) is 0 Å². The molecule has 0 N–H and O–H groups in total. The molecule has 6 heteroatoms. The quantitative estimate of drug-likeness (QED) is 0.265. The Balaban J connectivity index is 1.62. The second kappa shape index (κ2) is 12.6. The summed E-state index contributed by atoms with van der Waals surface area (Å²) in [6, 6.07) is 8.00. The van der Waals surface area contributed by atoms with Gasteiger partial charge in [-0.15, -0.1) is 0 Å². The first kappa shape index (κ1) is 28.7. The Bertz CT molecular complexity index is 847. The molecule has 36 heavy (non-hydrogen) atoms. The second-order valence-corrected chi connectivity index (χ2v) is 11.7. The largest absolute Gasteiger partial charge is 0.497 e. The number of ether oxygens (including phenoxy) is 5. The summed E-state index contributed by atoms with van der Waals surface area (Å²) in [5.41, 5.74) is 0.623. The van der Waals surface area contributed by atoms with Crippen LogP contribution in [-0.4, -0.2) is 42.8 Å². The lowest BCUT2D eigenvalue weighted by molar-refractivity contribution is -0.306. The van der Waals surface area contributed by atoms with Crippen molar-refractivity contribution in [3.05, 3.63) is 42.0 Å². The van der Waals surface area contributed by atoms with Crippen molar-refractivity contribution in [3.63, 3.8) is 0 Å². The minimum Gasteiger partial charge on any atom is -0.497 e. The summed E-state index contributed by atoms with van der Waals surface area (Å²) in [4.78, 5) is 12.5. The van der Waals surface area contributed by atoms with Gasteiger partial charge in [0.25, 0.3) is 0 Å². The maximum absolute atomic E-state index is 12.5. The lowest BCUT2D eigenvalue weighted by atomic mass is 9.93. The third-order valence-electron chi connectivity index (χ3n) is 6.83. The molecule has 1 aliphatic heterocycles. The van der Waals surface area contributed by atoms with Crippen LogP contribution in [0.4, 0.5) is 0 Å². The predicted octanol–water partition coefficient (Wildman–Crippen LogP) is 6.60. The van der Waals surface area contributed by atoms with Crippen molar-refractivity contribution < 1.29 is 28.5 Å². The first-order chi connectivity index (χ1) is 17.0. The van der Waals surface area contributed by atoms with Crippen LogP contribution in [0.5, 0.6) is 5.75 Å². The number of rotatable bonds is 10. The number of carbonyl (C=O) groups excluding carboxylic acids is 1. The van der Waals surface area contributed by atoms with E-state index >= 15 is 0 Å². The smallest absolute Gasteiger partial charge is 0.308 e. The highest BCUT2D eigenvalue weighted by molar-refractivity contribution is 5.70. The van der Waals surface area contributed by atoms with E-state index in [1.165, 1.54) is 0 Å². The third-order valence-corrected chi connectivity index (χ3v) is 6.83. The third kappa shape index (κ3) is 8.60. The summed E-state index contributed by atoms with van der Waals surface area (Å²) < 4.78 is 30.0. The van der Waals surface area contributed by atoms with E-state index in [4.69, 9.17) is 23.7 Å². The zero-order chi connectivity index (χ0) is 26.3. The molecule has 2 aliphatic rings. The number of methoxy groups -OCH3 is 1. The molecule has 2 fully saturated rings. The van der Waals surface area contributed by atoms with Gasteiger partial charge in [-0.3, -0.25) is 4.79 Å². The Morgan fingerprint density at radius 3 is 2.36 bits per heavy atom. The van der Waals surface area contributed by atoms with Crippen molar-refractivity contribution in [2.45, 2.75) is 116 Å². The standard InChI is InChI=1S/C30H46O6/c1-21(2)28(33-20-23-11-14-24(32-7)15-12-23)22(3)10-13-25-18-26(19-27(31)36-29(4,5)6)35-30(34-25)16-8-9-17-30/h10-15,21-22,25-26,28H,8-9,16-20H2,1-7H3/b13-10+/t22-,25-,26-,28-/m0/s1. The van der Waals surface area contributed by atoms with Crippen molar-refractivity contribution in [1.29, 1.82) is 0 Å². The average Bonchev–Trinajstić information content (AvgIpc) is 3.23. The van der Waals surface area contributed by atoms with Crippen LogP contribution in [0.15, 0.2) is 36.4 Å². The monoisotopic (exact) mass is 502 g/mol. The fourth-order valence-electron chi connectivity index (χ4n) is 5.20. The van der Waals surface area contributed by atoms with E-state index in [1.54, 1.807) is 7.11 Å². The maximum Gasteiger partial charge on any atom is 0.308 e. The summed E-state index contributed by atoms with van der Waals surface area (Å²) >= 11 is 0. The minimum absolute atomic E-state index is 0.0705. The number of benzene rings is 1.